The number of ether oxygens (including phenoxy) is 1. The number of nitrogens with zero attached hydrogens (tertiary/aromatic N) is 1. The first-order valence-corrected chi connectivity index (χ1v) is 8.24. The molecular weight excluding hydrogens is 318 g/mol. The van der Waals surface area contributed by atoms with E-state index in [-0.39, 0.29) is 16.9 Å². The lowest BCUT2D eigenvalue weighted by Gasteiger charge is -2.27. The van der Waals surface area contributed by atoms with E-state index in [2.05, 4.69) is 0 Å². The zero-order chi connectivity index (χ0) is 17.2. The van der Waals surface area contributed by atoms with Gasteiger partial charge in [-0.3, -0.25) is 9.59 Å². The number of rotatable bonds is 2. The summed E-state index contributed by atoms with van der Waals surface area (Å²) < 4.78 is 11.3. The number of hydrogen-bond acceptors (Lipinski definition) is 4. The average Bonchev–Trinajstić information content (AvgIpc) is 2.69. The Bertz CT molecular complexity index is 972. The van der Waals surface area contributed by atoms with E-state index < -0.39 is 0 Å². The van der Waals surface area contributed by atoms with Crippen LogP contribution in [0.4, 0.5) is 0 Å². The third-order valence-electron chi connectivity index (χ3n) is 4.35. The number of carbonyl (C=O) groups excluding carboxylic acids is 1. The zero-order valence-electron chi connectivity index (χ0n) is 13.6. The molecule has 1 amide bonds. The van der Waals surface area contributed by atoms with Crippen molar-refractivity contribution in [2.45, 2.75) is 0 Å². The second kappa shape index (κ2) is 6.53. The van der Waals surface area contributed by atoms with Crippen LogP contribution in [-0.4, -0.2) is 37.1 Å². The van der Waals surface area contributed by atoms with Gasteiger partial charge in [0.25, 0.3) is 5.91 Å². The van der Waals surface area contributed by atoms with Gasteiger partial charge in [0.1, 0.15) is 11.1 Å². The fraction of sp³-hybridized carbons (Fsp3) is 0.200. The summed E-state index contributed by atoms with van der Waals surface area (Å²) in [6.45, 7) is 1.90. The molecule has 5 nitrogen and oxygen atoms in total. The molecule has 1 saturated heterocycles. The minimum atomic E-state index is -0.304. The van der Waals surface area contributed by atoms with Crippen molar-refractivity contribution < 1.29 is 13.9 Å². The van der Waals surface area contributed by atoms with Crippen molar-refractivity contribution in [2.24, 2.45) is 0 Å². The van der Waals surface area contributed by atoms with E-state index in [9.17, 15) is 9.59 Å². The van der Waals surface area contributed by atoms with Crippen molar-refractivity contribution in [1.82, 2.24) is 4.90 Å². The summed E-state index contributed by atoms with van der Waals surface area (Å²) in [6, 6.07) is 16.3. The predicted octanol–water partition coefficient (Wildman–Crippen LogP) is 2.93. The van der Waals surface area contributed by atoms with Gasteiger partial charge >= 0.3 is 0 Å². The molecule has 2 aromatic carbocycles. The van der Waals surface area contributed by atoms with Crippen LogP contribution in [0.3, 0.4) is 0 Å². The monoisotopic (exact) mass is 335 g/mol. The third kappa shape index (κ3) is 2.83. The van der Waals surface area contributed by atoms with Crippen molar-refractivity contribution in [3.63, 3.8) is 0 Å². The summed E-state index contributed by atoms with van der Waals surface area (Å²) in [4.78, 5) is 27.8. The number of fused-ring (bicyclic) bond motifs is 1. The highest BCUT2D eigenvalue weighted by molar-refractivity contribution is 6.02. The highest BCUT2D eigenvalue weighted by atomic mass is 16.5. The predicted molar refractivity (Wildman–Crippen MR) is 94.6 cm³/mol. The number of hydrogen-bond donors (Lipinski definition) is 0. The lowest BCUT2D eigenvalue weighted by atomic mass is 10.0. The van der Waals surface area contributed by atoms with Crippen LogP contribution in [-0.2, 0) is 4.74 Å². The zero-order valence-corrected chi connectivity index (χ0v) is 13.6. The van der Waals surface area contributed by atoms with E-state index in [0.29, 0.717) is 48.6 Å². The van der Waals surface area contributed by atoms with Gasteiger partial charge in [0.05, 0.1) is 18.6 Å². The normalized spacial score (nSPS) is 14.6. The largest absolute Gasteiger partial charge is 0.455 e. The van der Waals surface area contributed by atoms with E-state index in [1.165, 1.54) is 0 Å². The van der Waals surface area contributed by atoms with Gasteiger partial charge in [0, 0.05) is 18.7 Å². The highest BCUT2D eigenvalue weighted by Crippen LogP contribution is 2.27. The quantitative estimate of drug-likeness (QED) is 0.722. The van der Waals surface area contributed by atoms with Crippen LogP contribution >= 0.6 is 0 Å². The lowest BCUT2D eigenvalue weighted by Crippen LogP contribution is -2.42. The van der Waals surface area contributed by atoms with Crippen LogP contribution in [0.1, 0.15) is 10.4 Å². The molecule has 0 saturated carbocycles. The molecule has 1 aromatic heterocycles. The fourth-order valence-corrected chi connectivity index (χ4v) is 3.05. The summed E-state index contributed by atoms with van der Waals surface area (Å²) in [6.07, 6.45) is 0. The van der Waals surface area contributed by atoms with E-state index >= 15 is 0 Å². The summed E-state index contributed by atoms with van der Waals surface area (Å²) in [7, 11) is 0. The molecule has 126 valence electrons. The molecule has 0 spiro atoms. The number of para-hydroxylation sites is 1. The highest BCUT2D eigenvalue weighted by Gasteiger charge is 2.27. The van der Waals surface area contributed by atoms with Gasteiger partial charge in [-0.15, -0.1) is 0 Å². The molecule has 0 radical (unpaired) electrons. The molecule has 1 fully saturated rings. The summed E-state index contributed by atoms with van der Waals surface area (Å²) >= 11 is 0. The summed E-state index contributed by atoms with van der Waals surface area (Å²) in [5.41, 5.74) is 0.982. The summed E-state index contributed by atoms with van der Waals surface area (Å²) in [5.74, 6) is 0.0162. The maximum absolute atomic E-state index is 13.1. The van der Waals surface area contributed by atoms with E-state index in [4.69, 9.17) is 9.15 Å². The first-order chi connectivity index (χ1) is 12.3. The smallest absolute Gasteiger partial charge is 0.261 e. The molecule has 5 heteroatoms. The number of amides is 1. The molecule has 0 N–H and O–H groups in total. The molecule has 0 bridgehead atoms. The van der Waals surface area contributed by atoms with Crippen LogP contribution in [0.2, 0.25) is 0 Å². The second-order valence-electron chi connectivity index (χ2n) is 5.90. The van der Waals surface area contributed by atoms with Gasteiger partial charge in [-0.25, -0.2) is 0 Å². The number of benzene rings is 2. The maximum atomic E-state index is 13.1. The SMILES string of the molecule is O=C(c1c(-c2ccccc2)oc2ccccc2c1=O)N1CCOCC1. The van der Waals surface area contributed by atoms with Crippen LogP contribution in [0.5, 0.6) is 0 Å². The Balaban J connectivity index is 1.95. The fourth-order valence-electron chi connectivity index (χ4n) is 3.05. The van der Waals surface area contributed by atoms with Crippen molar-refractivity contribution >= 4 is 16.9 Å². The minimum Gasteiger partial charge on any atom is -0.455 e. The molecule has 4 rings (SSSR count). The van der Waals surface area contributed by atoms with Crippen molar-refractivity contribution in [1.29, 1.82) is 0 Å². The summed E-state index contributed by atoms with van der Waals surface area (Å²) in [5, 5.41) is 0.416. The van der Waals surface area contributed by atoms with Crippen LogP contribution in [0, 0.1) is 0 Å². The van der Waals surface area contributed by atoms with Crippen molar-refractivity contribution in [2.75, 3.05) is 26.3 Å². The Morgan fingerprint density at radius 2 is 1.60 bits per heavy atom. The molecule has 1 aliphatic heterocycles. The van der Waals surface area contributed by atoms with E-state index in [1.54, 1.807) is 23.1 Å². The third-order valence-corrected chi connectivity index (χ3v) is 4.35. The molecule has 0 aliphatic carbocycles. The van der Waals surface area contributed by atoms with Gasteiger partial charge in [0.2, 0.25) is 5.43 Å². The van der Waals surface area contributed by atoms with Crippen molar-refractivity contribution in [3.05, 3.63) is 70.4 Å². The Labute approximate surface area is 144 Å². The topological polar surface area (TPSA) is 59.8 Å². The first kappa shape index (κ1) is 15.6. The van der Waals surface area contributed by atoms with Gasteiger partial charge in [-0.1, -0.05) is 42.5 Å². The van der Waals surface area contributed by atoms with Crippen molar-refractivity contribution in [3.8, 4) is 11.3 Å². The Kier molecular flexibility index (Phi) is 4.07. The van der Waals surface area contributed by atoms with E-state index in [0.717, 1.165) is 0 Å². The molecule has 0 atom stereocenters. The van der Waals surface area contributed by atoms with E-state index in [1.807, 2.05) is 36.4 Å². The molecular formula is C20H17NO4. The van der Waals surface area contributed by atoms with Gasteiger partial charge in [-0.05, 0) is 12.1 Å². The molecule has 2 heterocycles. The standard InChI is InChI=1S/C20H17NO4/c22-18-15-8-4-5-9-16(15)25-19(14-6-2-1-3-7-14)17(18)20(23)21-10-12-24-13-11-21/h1-9H,10-13H2. The van der Waals surface area contributed by atoms with Gasteiger partial charge in [-0.2, -0.15) is 0 Å². The Morgan fingerprint density at radius 1 is 0.920 bits per heavy atom. The second-order valence-corrected chi connectivity index (χ2v) is 5.90. The lowest BCUT2D eigenvalue weighted by molar-refractivity contribution is 0.0301. The Hall–Kier alpha value is -2.92. The van der Waals surface area contributed by atoms with Gasteiger partial charge < -0.3 is 14.1 Å². The van der Waals surface area contributed by atoms with Crippen LogP contribution in [0.25, 0.3) is 22.3 Å². The molecule has 0 unspecified atom stereocenters. The molecule has 25 heavy (non-hydrogen) atoms. The number of morpholine rings is 1. The molecule has 3 aromatic rings. The number of carbonyl (C=O) groups is 1. The average molecular weight is 335 g/mol. The maximum Gasteiger partial charge on any atom is 0.261 e. The van der Waals surface area contributed by atoms with Crippen LogP contribution < -0.4 is 5.43 Å². The Morgan fingerprint density at radius 3 is 2.36 bits per heavy atom. The van der Waals surface area contributed by atoms with Gasteiger partial charge in [0.15, 0.2) is 5.76 Å². The first-order valence-electron chi connectivity index (χ1n) is 8.24. The van der Waals surface area contributed by atoms with Crippen LogP contribution in [0.15, 0.2) is 63.8 Å². The minimum absolute atomic E-state index is 0.0896. The molecule has 1 aliphatic rings.